The third-order valence-electron chi connectivity index (χ3n) is 2.34. The van der Waals surface area contributed by atoms with Crippen molar-refractivity contribution in [2.24, 2.45) is 0 Å². The number of hydrogen-bond acceptors (Lipinski definition) is 1. The van der Waals surface area contributed by atoms with Gasteiger partial charge >= 0.3 is 0 Å². The van der Waals surface area contributed by atoms with Gasteiger partial charge in [0.1, 0.15) is 0 Å². The van der Waals surface area contributed by atoms with Gasteiger partial charge in [-0.3, -0.25) is 0 Å². The zero-order chi connectivity index (χ0) is 10.7. The van der Waals surface area contributed by atoms with Gasteiger partial charge in [-0.2, -0.15) is 0 Å². The van der Waals surface area contributed by atoms with Crippen molar-refractivity contribution in [3.63, 3.8) is 0 Å². The highest BCUT2D eigenvalue weighted by molar-refractivity contribution is 6.33. The number of nitrogens with one attached hydrogen (secondary N) is 1. The van der Waals surface area contributed by atoms with Crippen molar-refractivity contribution in [1.29, 1.82) is 0 Å². The summed E-state index contributed by atoms with van der Waals surface area (Å²) in [6.07, 6.45) is 0. The van der Waals surface area contributed by atoms with E-state index in [4.69, 9.17) is 11.6 Å². The van der Waals surface area contributed by atoms with E-state index in [1.165, 1.54) is 0 Å². The molecule has 1 nitrogen and oxygen atoms in total. The van der Waals surface area contributed by atoms with Gasteiger partial charge in [-0.25, -0.2) is 0 Å². The van der Waals surface area contributed by atoms with Crippen LogP contribution in [0.5, 0.6) is 0 Å². The van der Waals surface area contributed by atoms with Gasteiger partial charge in [0.15, 0.2) is 0 Å². The molecule has 0 atom stereocenters. The molecule has 0 aliphatic heterocycles. The Morgan fingerprint density at radius 3 is 2.33 bits per heavy atom. The van der Waals surface area contributed by atoms with E-state index in [1.54, 1.807) is 0 Å². The molecule has 0 saturated heterocycles. The Morgan fingerprint density at radius 2 is 1.73 bits per heavy atom. The summed E-state index contributed by atoms with van der Waals surface area (Å²) >= 11 is 6.20. The van der Waals surface area contributed by atoms with Crippen LogP contribution in [0.3, 0.4) is 0 Å². The fourth-order valence-electron chi connectivity index (χ4n) is 1.52. The first-order chi connectivity index (χ1) is 7.31. The van der Waals surface area contributed by atoms with Crippen molar-refractivity contribution >= 4 is 17.3 Å². The number of anilines is 1. The minimum absolute atomic E-state index is 0.771. The maximum Gasteiger partial charge on any atom is 0.0504 e. The fraction of sp³-hybridized carbons (Fsp3) is 0.0769. The fourth-order valence-corrected chi connectivity index (χ4v) is 1.81. The summed E-state index contributed by atoms with van der Waals surface area (Å²) < 4.78 is 0. The van der Waals surface area contributed by atoms with Gasteiger partial charge in [0.2, 0.25) is 0 Å². The van der Waals surface area contributed by atoms with Crippen molar-refractivity contribution in [1.82, 2.24) is 0 Å². The largest absolute Gasteiger partial charge is 0.388 e. The van der Waals surface area contributed by atoms with E-state index < -0.39 is 0 Å². The van der Waals surface area contributed by atoms with Gasteiger partial charge in [0, 0.05) is 18.3 Å². The molecule has 0 aliphatic rings. The molecular weight excluding hydrogens is 206 g/mol. The van der Waals surface area contributed by atoms with Crippen molar-refractivity contribution < 1.29 is 0 Å². The zero-order valence-corrected chi connectivity index (χ0v) is 9.25. The average Bonchev–Trinajstić information content (AvgIpc) is 2.30. The Hall–Kier alpha value is -1.47. The molecule has 0 saturated carbocycles. The normalized spacial score (nSPS) is 10.0. The summed E-state index contributed by atoms with van der Waals surface area (Å²) in [5, 5.41) is 3.83. The Labute approximate surface area is 94.7 Å². The molecule has 2 heteroatoms. The van der Waals surface area contributed by atoms with Crippen LogP contribution in [0.4, 0.5) is 5.69 Å². The monoisotopic (exact) mass is 217 g/mol. The quantitative estimate of drug-likeness (QED) is 0.801. The van der Waals surface area contributed by atoms with Crippen LogP contribution >= 0.6 is 11.6 Å². The summed E-state index contributed by atoms with van der Waals surface area (Å²) in [7, 11) is 1.88. The molecule has 0 bridgehead atoms. The van der Waals surface area contributed by atoms with Crippen molar-refractivity contribution in [3.8, 4) is 11.1 Å². The molecular formula is C13H12ClN. The van der Waals surface area contributed by atoms with Crippen LogP contribution in [0.25, 0.3) is 11.1 Å². The zero-order valence-electron chi connectivity index (χ0n) is 8.50. The molecule has 2 rings (SSSR count). The van der Waals surface area contributed by atoms with Crippen LogP contribution in [0.2, 0.25) is 5.02 Å². The van der Waals surface area contributed by atoms with Crippen LogP contribution in [0.1, 0.15) is 0 Å². The van der Waals surface area contributed by atoms with Gasteiger partial charge in [-0.15, -0.1) is 0 Å². The SMILES string of the molecule is CNc1ccc(-c2ccccc2)c(Cl)c1. The molecule has 2 aromatic rings. The molecule has 0 unspecified atom stereocenters. The summed E-state index contributed by atoms with van der Waals surface area (Å²) in [5.74, 6) is 0. The third-order valence-corrected chi connectivity index (χ3v) is 2.66. The summed E-state index contributed by atoms with van der Waals surface area (Å²) in [6.45, 7) is 0. The van der Waals surface area contributed by atoms with E-state index in [-0.39, 0.29) is 0 Å². The number of rotatable bonds is 2. The first kappa shape index (κ1) is 10.1. The number of benzene rings is 2. The standard InChI is InChI=1S/C13H12ClN/c1-15-11-7-8-12(13(14)9-11)10-5-3-2-4-6-10/h2-9,15H,1H3. The van der Waals surface area contributed by atoms with Gasteiger partial charge in [-0.1, -0.05) is 48.0 Å². The number of halogens is 1. The van der Waals surface area contributed by atoms with Crippen molar-refractivity contribution in [3.05, 3.63) is 53.6 Å². The second-order valence-corrected chi connectivity index (χ2v) is 3.72. The predicted octanol–water partition coefficient (Wildman–Crippen LogP) is 4.05. The average molecular weight is 218 g/mol. The maximum atomic E-state index is 6.20. The lowest BCUT2D eigenvalue weighted by Crippen LogP contribution is -1.88. The van der Waals surface area contributed by atoms with E-state index >= 15 is 0 Å². The minimum atomic E-state index is 0.771. The van der Waals surface area contributed by atoms with E-state index in [0.717, 1.165) is 21.8 Å². The molecule has 0 aromatic heterocycles. The van der Waals surface area contributed by atoms with E-state index in [2.05, 4.69) is 17.4 Å². The Bertz CT molecular complexity index is 451. The lowest BCUT2D eigenvalue weighted by Gasteiger charge is -2.06. The smallest absolute Gasteiger partial charge is 0.0504 e. The first-order valence-electron chi connectivity index (χ1n) is 4.84. The topological polar surface area (TPSA) is 12.0 Å². The third kappa shape index (κ3) is 2.13. The van der Waals surface area contributed by atoms with E-state index in [9.17, 15) is 0 Å². The second kappa shape index (κ2) is 4.37. The highest BCUT2D eigenvalue weighted by atomic mass is 35.5. The van der Waals surface area contributed by atoms with Crippen molar-refractivity contribution in [2.45, 2.75) is 0 Å². The van der Waals surface area contributed by atoms with Crippen LogP contribution in [0, 0.1) is 0 Å². The summed E-state index contributed by atoms with van der Waals surface area (Å²) in [5.41, 5.74) is 3.24. The molecule has 2 aromatic carbocycles. The Kier molecular flexibility index (Phi) is 2.93. The van der Waals surface area contributed by atoms with E-state index in [1.807, 2.05) is 43.4 Å². The second-order valence-electron chi connectivity index (χ2n) is 3.31. The van der Waals surface area contributed by atoms with Gasteiger partial charge in [0.05, 0.1) is 5.02 Å². The molecule has 0 aliphatic carbocycles. The molecule has 15 heavy (non-hydrogen) atoms. The lowest BCUT2D eigenvalue weighted by molar-refractivity contribution is 1.51. The van der Waals surface area contributed by atoms with Gasteiger partial charge in [-0.05, 0) is 17.7 Å². The van der Waals surface area contributed by atoms with Gasteiger partial charge in [0.25, 0.3) is 0 Å². The summed E-state index contributed by atoms with van der Waals surface area (Å²) in [6, 6.07) is 16.1. The molecule has 1 N–H and O–H groups in total. The summed E-state index contributed by atoms with van der Waals surface area (Å²) in [4.78, 5) is 0. The van der Waals surface area contributed by atoms with Gasteiger partial charge < -0.3 is 5.32 Å². The Balaban J connectivity index is 2.46. The van der Waals surface area contributed by atoms with Crippen LogP contribution in [0.15, 0.2) is 48.5 Å². The highest BCUT2D eigenvalue weighted by Crippen LogP contribution is 2.29. The molecule has 0 heterocycles. The van der Waals surface area contributed by atoms with Crippen molar-refractivity contribution in [2.75, 3.05) is 12.4 Å². The first-order valence-corrected chi connectivity index (χ1v) is 5.22. The highest BCUT2D eigenvalue weighted by Gasteiger charge is 2.02. The van der Waals surface area contributed by atoms with Crippen LogP contribution in [-0.4, -0.2) is 7.05 Å². The molecule has 0 fully saturated rings. The molecule has 76 valence electrons. The van der Waals surface area contributed by atoms with Crippen LogP contribution in [-0.2, 0) is 0 Å². The Morgan fingerprint density at radius 1 is 1.00 bits per heavy atom. The molecule has 0 spiro atoms. The lowest BCUT2D eigenvalue weighted by atomic mass is 10.1. The minimum Gasteiger partial charge on any atom is -0.388 e. The maximum absolute atomic E-state index is 6.20. The predicted molar refractivity (Wildman–Crippen MR) is 66.4 cm³/mol. The molecule has 0 amide bonds. The molecule has 0 radical (unpaired) electrons. The van der Waals surface area contributed by atoms with E-state index in [0.29, 0.717) is 0 Å². The number of hydrogen-bond donors (Lipinski definition) is 1. The van der Waals surface area contributed by atoms with Crippen LogP contribution < -0.4 is 5.32 Å².